The van der Waals surface area contributed by atoms with Gasteiger partial charge in [0.05, 0.1) is 5.57 Å². The molecule has 118 valence electrons. The number of imide groups is 2. The molecule has 2 aliphatic heterocycles. The van der Waals surface area contributed by atoms with Crippen LogP contribution in [0.15, 0.2) is 34.4 Å². The number of hydrogen-bond donors (Lipinski definition) is 0. The van der Waals surface area contributed by atoms with E-state index in [1.54, 1.807) is 6.92 Å². The Morgan fingerprint density at radius 2 is 1.23 bits per heavy atom. The van der Waals surface area contributed by atoms with Gasteiger partial charge in [-0.05, 0) is 19.9 Å². The molecule has 22 heavy (non-hydrogen) atoms. The van der Waals surface area contributed by atoms with Crippen LogP contribution in [0.25, 0.3) is 0 Å². The maximum absolute atomic E-state index is 12.0. The Labute approximate surface area is 129 Å². The highest BCUT2D eigenvalue weighted by Crippen LogP contribution is 2.28. The monoisotopic (exact) mass is 304 g/mol. The third-order valence-corrected chi connectivity index (χ3v) is 3.50. The van der Waals surface area contributed by atoms with E-state index < -0.39 is 23.6 Å². The van der Waals surface area contributed by atoms with E-state index in [2.05, 4.69) is 0 Å². The molecule has 2 rings (SSSR count). The second-order valence-corrected chi connectivity index (χ2v) is 4.64. The van der Waals surface area contributed by atoms with E-state index in [0.717, 1.165) is 9.80 Å². The molecule has 0 bridgehead atoms. The molecule has 0 aromatic rings. The van der Waals surface area contributed by atoms with Crippen LogP contribution in [0.1, 0.15) is 27.7 Å². The van der Waals surface area contributed by atoms with Crippen LogP contribution in [0.4, 0.5) is 0 Å². The van der Waals surface area contributed by atoms with Crippen molar-refractivity contribution in [2.24, 2.45) is 0 Å². The van der Waals surface area contributed by atoms with E-state index in [4.69, 9.17) is 0 Å². The molecule has 6 heteroatoms. The summed E-state index contributed by atoms with van der Waals surface area (Å²) in [4.78, 5) is 49.5. The highest BCUT2D eigenvalue weighted by molar-refractivity contribution is 6.26. The topological polar surface area (TPSA) is 74.8 Å². The predicted octanol–water partition coefficient (Wildman–Crippen LogP) is 1.20. The van der Waals surface area contributed by atoms with E-state index in [1.807, 2.05) is 13.8 Å². The average molecular weight is 304 g/mol. The zero-order chi connectivity index (χ0) is 17.2. The van der Waals surface area contributed by atoms with Crippen LogP contribution in [0, 0.1) is 0 Å². The largest absolute Gasteiger partial charge is 0.278 e. The normalized spacial score (nSPS) is 22.3. The summed E-state index contributed by atoms with van der Waals surface area (Å²) in [5.74, 6) is -1.75. The quantitative estimate of drug-likeness (QED) is 0.539. The zero-order valence-electron chi connectivity index (χ0n) is 13.7. The van der Waals surface area contributed by atoms with Gasteiger partial charge >= 0.3 is 0 Å². The van der Waals surface area contributed by atoms with Crippen LogP contribution in [0.2, 0.25) is 0 Å². The summed E-state index contributed by atoms with van der Waals surface area (Å²) in [6, 6.07) is 0. The summed E-state index contributed by atoms with van der Waals surface area (Å²) in [6.45, 7) is 7.17. The van der Waals surface area contributed by atoms with Crippen LogP contribution in [0.3, 0.4) is 0 Å². The van der Waals surface area contributed by atoms with Gasteiger partial charge in [-0.3, -0.25) is 29.0 Å². The maximum atomic E-state index is 12.0. The number of allylic oxidation sites excluding steroid dienone is 1. The van der Waals surface area contributed by atoms with E-state index in [0.29, 0.717) is 0 Å². The van der Waals surface area contributed by atoms with Crippen molar-refractivity contribution in [3.63, 3.8) is 0 Å². The molecular weight excluding hydrogens is 284 g/mol. The lowest BCUT2D eigenvalue weighted by atomic mass is 10.0. The molecule has 0 aromatic carbocycles. The van der Waals surface area contributed by atoms with Crippen LogP contribution in [-0.4, -0.2) is 47.5 Å². The number of rotatable bonds is 1. The first-order chi connectivity index (χ1) is 10.3. The van der Waals surface area contributed by atoms with Gasteiger partial charge in [-0.1, -0.05) is 19.9 Å². The number of carbonyl (C=O) groups excluding carboxylic acids is 4. The van der Waals surface area contributed by atoms with Crippen molar-refractivity contribution in [1.82, 2.24) is 9.80 Å². The van der Waals surface area contributed by atoms with E-state index in [-0.39, 0.29) is 22.3 Å². The first kappa shape index (κ1) is 17.6. The van der Waals surface area contributed by atoms with Gasteiger partial charge in [0.2, 0.25) is 0 Å². The minimum Gasteiger partial charge on any atom is -0.278 e. The molecule has 1 fully saturated rings. The van der Waals surface area contributed by atoms with Gasteiger partial charge in [-0.2, -0.15) is 0 Å². The Bertz CT molecular complexity index is 653. The fraction of sp³-hybridized carbons (Fsp3) is 0.375. The van der Waals surface area contributed by atoms with Crippen LogP contribution >= 0.6 is 0 Å². The SMILES string of the molecule is C/C=C1/C(=O)N(C)C(=O)/C1=C/C1=C(C)C(=O)N(C)C1=O.CC. The molecular formula is C16H20N2O4. The number of amides is 4. The van der Waals surface area contributed by atoms with Gasteiger partial charge < -0.3 is 0 Å². The lowest BCUT2D eigenvalue weighted by Gasteiger charge is -2.05. The Balaban J connectivity index is 0.00000116. The fourth-order valence-corrected chi connectivity index (χ4v) is 2.22. The van der Waals surface area contributed by atoms with Crippen molar-refractivity contribution in [2.45, 2.75) is 27.7 Å². The van der Waals surface area contributed by atoms with Crippen molar-refractivity contribution in [3.8, 4) is 0 Å². The van der Waals surface area contributed by atoms with Crippen molar-refractivity contribution in [2.75, 3.05) is 14.1 Å². The molecule has 2 aliphatic rings. The Hall–Kier alpha value is -2.50. The van der Waals surface area contributed by atoms with E-state index in [1.165, 1.54) is 33.2 Å². The minimum absolute atomic E-state index is 0.144. The molecule has 0 N–H and O–H groups in total. The number of hydrogen-bond acceptors (Lipinski definition) is 4. The number of likely N-dealkylation sites (N-methyl/N-ethyl adjacent to an activating group) is 2. The third kappa shape index (κ3) is 2.52. The van der Waals surface area contributed by atoms with Crippen molar-refractivity contribution < 1.29 is 19.2 Å². The molecule has 4 amide bonds. The minimum atomic E-state index is -0.474. The standard InChI is InChI=1S/C14H14N2O4.C2H6/c1-5-8-10(14(20)16(4)12(8)18)6-9-7(2)11(17)15(3)13(9)19;1-2/h5-6H,1-4H3;1-2H3/b8-5+,10-6+;. The summed E-state index contributed by atoms with van der Waals surface area (Å²) in [5.41, 5.74) is 0.817. The number of likely N-dealkylation sites (tertiary alicyclic amines) is 1. The average Bonchev–Trinajstić information content (AvgIpc) is 2.84. The molecule has 0 aliphatic carbocycles. The van der Waals surface area contributed by atoms with Crippen LogP contribution < -0.4 is 0 Å². The van der Waals surface area contributed by atoms with Gasteiger partial charge in [-0.25, -0.2) is 0 Å². The molecule has 0 spiro atoms. The van der Waals surface area contributed by atoms with Gasteiger partial charge in [0, 0.05) is 30.8 Å². The number of nitrogens with zero attached hydrogens (tertiary/aromatic N) is 2. The Morgan fingerprint density at radius 1 is 0.773 bits per heavy atom. The first-order valence-electron chi connectivity index (χ1n) is 7.05. The molecule has 0 saturated carbocycles. The highest BCUT2D eigenvalue weighted by atomic mass is 16.2. The summed E-state index contributed by atoms with van der Waals surface area (Å²) in [6.07, 6.45) is 2.86. The summed E-state index contributed by atoms with van der Waals surface area (Å²) < 4.78 is 0. The Kier molecular flexibility index (Phi) is 5.19. The van der Waals surface area contributed by atoms with Crippen LogP contribution in [-0.2, 0) is 19.2 Å². The molecule has 0 aromatic heterocycles. The molecule has 0 unspecified atom stereocenters. The molecule has 0 atom stereocenters. The first-order valence-corrected chi connectivity index (χ1v) is 7.05. The molecule has 2 heterocycles. The van der Waals surface area contributed by atoms with Gasteiger partial charge in [0.15, 0.2) is 0 Å². The van der Waals surface area contributed by atoms with Crippen LogP contribution in [0.5, 0.6) is 0 Å². The lowest BCUT2D eigenvalue weighted by molar-refractivity contribution is -0.136. The van der Waals surface area contributed by atoms with Crippen molar-refractivity contribution in [1.29, 1.82) is 0 Å². The second kappa shape index (κ2) is 6.51. The van der Waals surface area contributed by atoms with Gasteiger partial charge in [-0.15, -0.1) is 0 Å². The predicted molar refractivity (Wildman–Crippen MR) is 81.4 cm³/mol. The molecule has 6 nitrogen and oxygen atoms in total. The van der Waals surface area contributed by atoms with Crippen molar-refractivity contribution in [3.05, 3.63) is 34.4 Å². The van der Waals surface area contributed by atoms with Gasteiger partial charge in [0.25, 0.3) is 23.6 Å². The Morgan fingerprint density at radius 3 is 1.64 bits per heavy atom. The maximum Gasteiger partial charge on any atom is 0.261 e. The summed E-state index contributed by atoms with van der Waals surface area (Å²) >= 11 is 0. The second-order valence-electron chi connectivity index (χ2n) is 4.64. The number of carbonyl (C=O) groups is 4. The lowest BCUT2D eigenvalue weighted by Crippen LogP contribution is -2.26. The molecule has 1 saturated heterocycles. The fourth-order valence-electron chi connectivity index (χ4n) is 2.22. The highest BCUT2D eigenvalue weighted by Gasteiger charge is 2.38. The third-order valence-electron chi connectivity index (χ3n) is 3.50. The smallest absolute Gasteiger partial charge is 0.261 e. The van der Waals surface area contributed by atoms with Gasteiger partial charge in [0.1, 0.15) is 0 Å². The van der Waals surface area contributed by atoms with E-state index >= 15 is 0 Å². The molecule has 0 radical (unpaired) electrons. The van der Waals surface area contributed by atoms with E-state index in [9.17, 15) is 19.2 Å². The van der Waals surface area contributed by atoms with Crippen molar-refractivity contribution >= 4 is 23.6 Å². The summed E-state index contributed by atoms with van der Waals surface area (Å²) in [5, 5.41) is 0. The summed E-state index contributed by atoms with van der Waals surface area (Å²) in [7, 11) is 2.76. The zero-order valence-corrected chi connectivity index (χ0v) is 13.7.